The summed E-state index contributed by atoms with van der Waals surface area (Å²) < 4.78 is 5.51. The van der Waals surface area contributed by atoms with Crippen LogP contribution in [0.5, 0.6) is 0 Å². The molecule has 0 saturated carbocycles. The van der Waals surface area contributed by atoms with Gasteiger partial charge in [0.1, 0.15) is 0 Å². The predicted octanol–water partition coefficient (Wildman–Crippen LogP) is 7.61. The van der Waals surface area contributed by atoms with Crippen LogP contribution < -0.4 is 0 Å². The van der Waals surface area contributed by atoms with Crippen LogP contribution in [0.1, 0.15) is 136 Å². The molecule has 4 nitrogen and oxygen atoms in total. The Bertz CT molecular complexity index is 813. The van der Waals surface area contributed by atoms with Crippen LogP contribution in [0.3, 0.4) is 0 Å². The van der Waals surface area contributed by atoms with Gasteiger partial charge in [-0.25, -0.2) is 0 Å². The Hall–Kier alpha value is -1.68. The molecule has 0 unspecified atom stereocenters. The zero-order valence-corrected chi connectivity index (χ0v) is 23.0. The van der Waals surface area contributed by atoms with Crippen molar-refractivity contribution in [2.24, 2.45) is 5.41 Å². The lowest BCUT2D eigenvalue weighted by molar-refractivity contribution is -0.143. The first-order valence-corrected chi connectivity index (χ1v) is 14.3. The number of carbonyl (C=O) groups is 2. The molecule has 2 rings (SSSR count). The van der Waals surface area contributed by atoms with Crippen molar-refractivity contribution in [1.82, 2.24) is 0 Å². The van der Waals surface area contributed by atoms with Crippen LogP contribution >= 0.6 is 0 Å². The maximum Gasteiger partial charge on any atom is 0.305 e. The second kappa shape index (κ2) is 15.4. The molecule has 35 heavy (non-hydrogen) atoms. The molecule has 1 aromatic rings. The molecule has 0 aliphatic heterocycles. The predicted molar refractivity (Wildman–Crippen MR) is 144 cm³/mol. The molecule has 1 atom stereocenters. The Morgan fingerprint density at radius 2 is 1.49 bits per heavy atom. The molecule has 1 N–H and O–H groups in total. The summed E-state index contributed by atoms with van der Waals surface area (Å²) in [7, 11) is 0. The fraction of sp³-hybridized carbons (Fsp3) is 0.742. The van der Waals surface area contributed by atoms with Crippen molar-refractivity contribution < 1.29 is 19.4 Å². The number of esters is 1. The van der Waals surface area contributed by atoms with E-state index in [1.807, 2.05) is 13.8 Å². The number of fused-ring (bicyclic) bond motifs is 1. The topological polar surface area (TPSA) is 63.6 Å². The van der Waals surface area contributed by atoms with Crippen LogP contribution in [0.4, 0.5) is 0 Å². The molecule has 0 bridgehead atoms. The number of carbonyl (C=O) groups excluding carboxylic acids is 2. The number of rotatable bonds is 18. The summed E-state index contributed by atoms with van der Waals surface area (Å²) in [6.07, 6.45) is 18.5. The van der Waals surface area contributed by atoms with Gasteiger partial charge in [-0.2, -0.15) is 0 Å². The van der Waals surface area contributed by atoms with Crippen molar-refractivity contribution in [3.05, 3.63) is 33.9 Å². The number of benzene rings is 1. The maximum atomic E-state index is 12.9. The maximum absolute atomic E-state index is 12.9. The van der Waals surface area contributed by atoms with Gasteiger partial charge in [-0.1, -0.05) is 90.0 Å². The van der Waals surface area contributed by atoms with E-state index in [0.717, 1.165) is 40.7 Å². The molecule has 1 aromatic carbocycles. The molecule has 0 aromatic heterocycles. The fourth-order valence-electron chi connectivity index (χ4n) is 5.50. The molecule has 4 heteroatoms. The Morgan fingerprint density at radius 1 is 0.943 bits per heavy atom. The highest BCUT2D eigenvalue weighted by Gasteiger charge is 2.42. The molecule has 0 fully saturated rings. The minimum absolute atomic E-state index is 0.0353. The third-order valence-electron chi connectivity index (χ3n) is 7.82. The molecule has 198 valence electrons. The minimum atomic E-state index is -0.710. The van der Waals surface area contributed by atoms with Crippen molar-refractivity contribution in [3.8, 4) is 0 Å². The van der Waals surface area contributed by atoms with Gasteiger partial charge in [0.2, 0.25) is 0 Å². The molecule has 0 saturated heterocycles. The molecular weight excluding hydrogens is 436 g/mol. The summed E-state index contributed by atoms with van der Waals surface area (Å²) in [5.74, 6) is -0.0818. The number of ether oxygens (including phenoxy) is 1. The van der Waals surface area contributed by atoms with E-state index in [4.69, 9.17) is 4.74 Å². The van der Waals surface area contributed by atoms with Gasteiger partial charge >= 0.3 is 5.97 Å². The Labute approximate surface area is 214 Å². The van der Waals surface area contributed by atoms with E-state index in [1.165, 1.54) is 70.6 Å². The minimum Gasteiger partial charge on any atom is -0.465 e. The highest BCUT2D eigenvalue weighted by atomic mass is 16.5. The third-order valence-corrected chi connectivity index (χ3v) is 7.82. The average molecular weight is 487 g/mol. The van der Waals surface area contributed by atoms with Gasteiger partial charge in [0.25, 0.3) is 0 Å². The van der Waals surface area contributed by atoms with Crippen LogP contribution in [0.25, 0.3) is 0 Å². The second-order valence-electron chi connectivity index (χ2n) is 11.0. The van der Waals surface area contributed by atoms with Gasteiger partial charge in [-0.15, -0.1) is 0 Å². The molecule has 0 radical (unpaired) electrons. The summed E-state index contributed by atoms with van der Waals surface area (Å²) in [5.41, 5.74) is 4.29. The number of aryl methyl sites for hydroxylation is 1. The smallest absolute Gasteiger partial charge is 0.305 e. The summed E-state index contributed by atoms with van der Waals surface area (Å²) >= 11 is 0. The summed E-state index contributed by atoms with van der Waals surface area (Å²) in [6, 6.07) is 2.08. The van der Waals surface area contributed by atoms with E-state index >= 15 is 0 Å². The van der Waals surface area contributed by atoms with Crippen LogP contribution in [-0.4, -0.2) is 30.1 Å². The number of aliphatic hydroxyl groups excluding tert-OH is 1. The first-order valence-electron chi connectivity index (χ1n) is 14.3. The van der Waals surface area contributed by atoms with Gasteiger partial charge in [0, 0.05) is 18.4 Å². The van der Waals surface area contributed by atoms with E-state index in [2.05, 4.69) is 19.9 Å². The second-order valence-corrected chi connectivity index (χ2v) is 11.0. The van der Waals surface area contributed by atoms with Crippen molar-refractivity contribution in [2.45, 2.75) is 130 Å². The number of hydrogen-bond acceptors (Lipinski definition) is 4. The normalized spacial score (nSPS) is 17.1. The van der Waals surface area contributed by atoms with Crippen LogP contribution in [-0.2, 0) is 22.4 Å². The number of ketones is 1. The SMILES string of the molecule is CCCCCCCCCCCCCCCC(=O)OCCc1c(C)cc2c(c1C)C(=O)[C@@](C)(CO)C2. The zero-order chi connectivity index (χ0) is 25.7. The molecule has 0 amide bonds. The lowest BCUT2D eigenvalue weighted by atomic mass is 9.86. The molecule has 0 heterocycles. The number of hydrogen-bond donors (Lipinski definition) is 1. The third kappa shape index (κ3) is 9.04. The van der Waals surface area contributed by atoms with E-state index in [1.54, 1.807) is 0 Å². The standard InChI is InChI=1S/C31H50O4/c1-5-6-7-8-9-10-11-12-13-14-15-16-17-18-28(33)35-20-19-27-24(2)21-26-22-31(4,23-32)30(34)29(26)25(27)3/h21,32H,5-20,22-23H2,1-4H3/t31-/m1/s1. The highest BCUT2D eigenvalue weighted by Crippen LogP contribution is 2.39. The first-order chi connectivity index (χ1) is 16.8. The van der Waals surface area contributed by atoms with E-state index < -0.39 is 5.41 Å². The number of aliphatic hydroxyl groups is 1. The van der Waals surface area contributed by atoms with E-state index in [0.29, 0.717) is 25.9 Å². The van der Waals surface area contributed by atoms with Gasteiger partial charge < -0.3 is 9.84 Å². The van der Waals surface area contributed by atoms with Crippen LogP contribution in [0.15, 0.2) is 6.07 Å². The Morgan fingerprint density at radius 3 is 2.03 bits per heavy atom. The fourth-order valence-corrected chi connectivity index (χ4v) is 5.50. The quantitative estimate of drug-likeness (QED) is 0.171. The molecule has 0 spiro atoms. The monoisotopic (exact) mass is 486 g/mol. The number of Topliss-reactive ketones (excluding diaryl/α,β-unsaturated/α-hetero) is 1. The van der Waals surface area contributed by atoms with Gasteiger partial charge in [0.05, 0.1) is 18.6 Å². The summed E-state index contributed by atoms with van der Waals surface area (Å²) in [6.45, 7) is 8.35. The van der Waals surface area contributed by atoms with E-state index in [9.17, 15) is 14.7 Å². The summed E-state index contributed by atoms with van der Waals surface area (Å²) in [5, 5.41) is 9.71. The van der Waals surface area contributed by atoms with Crippen molar-refractivity contribution >= 4 is 11.8 Å². The largest absolute Gasteiger partial charge is 0.465 e. The average Bonchev–Trinajstić information content (AvgIpc) is 3.09. The van der Waals surface area contributed by atoms with Crippen molar-refractivity contribution in [2.75, 3.05) is 13.2 Å². The van der Waals surface area contributed by atoms with Crippen molar-refractivity contribution in [1.29, 1.82) is 0 Å². The lowest BCUT2D eigenvalue weighted by Crippen LogP contribution is -2.28. The molecule has 1 aliphatic rings. The Balaban J connectivity index is 1.57. The number of unbranched alkanes of at least 4 members (excludes halogenated alkanes) is 12. The van der Waals surface area contributed by atoms with Crippen molar-refractivity contribution in [3.63, 3.8) is 0 Å². The highest BCUT2D eigenvalue weighted by molar-refractivity contribution is 6.06. The lowest BCUT2D eigenvalue weighted by Gasteiger charge is -2.18. The molecule has 1 aliphatic carbocycles. The van der Waals surface area contributed by atoms with Gasteiger partial charge in [-0.05, 0) is 55.9 Å². The Kier molecular flexibility index (Phi) is 13.0. The first kappa shape index (κ1) is 29.5. The van der Waals surface area contributed by atoms with Gasteiger partial charge in [0.15, 0.2) is 5.78 Å². The van der Waals surface area contributed by atoms with Crippen LogP contribution in [0.2, 0.25) is 0 Å². The van der Waals surface area contributed by atoms with Gasteiger partial charge in [-0.3, -0.25) is 9.59 Å². The molecular formula is C31H50O4. The van der Waals surface area contributed by atoms with E-state index in [-0.39, 0.29) is 18.4 Å². The zero-order valence-electron chi connectivity index (χ0n) is 23.0. The summed E-state index contributed by atoms with van der Waals surface area (Å²) in [4.78, 5) is 25.0. The van der Waals surface area contributed by atoms with Crippen LogP contribution in [0, 0.1) is 19.3 Å².